The van der Waals surface area contributed by atoms with E-state index in [2.05, 4.69) is 10.6 Å². The van der Waals surface area contributed by atoms with Crippen molar-refractivity contribution in [2.24, 2.45) is 0 Å². The zero-order valence-corrected chi connectivity index (χ0v) is 12.5. The van der Waals surface area contributed by atoms with Crippen molar-refractivity contribution >= 4 is 29.3 Å². The van der Waals surface area contributed by atoms with Crippen molar-refractivity contribution in [3.05, 3.63) is 29.3 Å². The van der Waals surface area contributed by atoms with E-state index in [1.807, 2.05) is 0 Å². The first-order valence-electron chi connectivity index (χ1n) is 6.82. The van der Waals surface area contributed by atoms with Crippen molar-refractivity contribution in [1.82, 2.24) is 10.2 Å². The number of esters is 1. The number of rotatable bonds is 3. The van der Waals surface area contributed by atoms with Gasteiger partial charge in [0.05, 0.1) is 6.61 Å². The normalized spacial score (nSPS) is 18.2. The van der Waals surface area contributed by atoms with Crippen molar-refractivity contribution in [2.75, 3.05) is 31.6 Å². The Bertz CT molecular complexity index is 524. The number of amides is 2. The van der Waals surface area contributed by atoms with Crippen LogP contribution in [0.4, 0.5) is 10.5 Å². The highest BCUT2D eigenvalue weighted by Crippen LogP contribution is 2.16. The maximum atomic E-state index is 12.3. The van der Waals surface area contributed by atoms with Crippen molar-refractivity contribution < 1.29 is 14.3 Å². The summed E-state index contributed by atoms with van der Waals surface area (Å²) in [4.78, 5) is 25.7. The molecule has 0 radical (unpaired) electrons. The minimum absolute atomic E-state index is 0.291. The van der Waals surface area contributed by atoms with Gasteiger partial charge in [-0.3, -0.25) is 0 Å². The fourth-order valence-electron chi connectivity index (χ4n) is 2.16. The highest BCUT2D eigenvalue weighted by atomic mass is 35.5. The molecule has 6 nitrogen and oxygen atoms in total. The quantitative estimate of drug-likeness (QED) is 0.834. The molecule has 1 aromatic carbocycles. The maximum Gasteiger partial charge on any atom is 0.330 e. The van der Waals surface area contributed by atoms with Gasteiger partial charge in [0.25, 0.3) is 0 Å². The Morgan fingerprint density at radius 1 is 1.52 bits per heavy atom. The lowest BCUT2D eigenvalue weighted by molar-refractivity contribution is -0.148. The van der Waals surface area contributed by atoms with Crippen molar-refractivity contribution in [1.29, 1.82) is 0 Å². The van der Waals surface area contributed by atoms with Gasteiger partial charge in [-0.2, -0.15) is 0 Å². The number of urea groups is 1. The van der Waals surface area contributed by atoms with Crippen LogP contribution in [0.5, 0.6) is 0 Å². The van der Waals surface area contributed by atoms with Crippen LogP contribution in [0.3, 0.4) is 0 Å². The summed E-state index contributed by atoms with van der Waals surface area (Å²) in [5.41, 5.74) is 0.591. The zero-order valence-electron chi connectivity index (χ0n) is 11.8. The lowest BCUT2D eigenvalue weighted by Gasteiger charge is -2.34. The van der Waals surface area contributed by atoms with E-state index in [9.17, 15) is 9.59 Å². The summed E-state index contributed by atoms with van der Waals surface area (Å²) in [5.74, 6) is -0.397. The Hall–Kier alpha value is -1.79. The van der Waals surface area contributed by atoms with Gasteiger partial charge in [-0.05, 0) is 25.1 Å². The first-order chi connectivity index (χ1) is 10.1. The van der Waals surface area contributed by atoms with E-state index in [1.165, 1.54) is 4.90 Å². The van der Waals surface area contributed by atoms with Crippen LogP contribution in [-0.4, -0.2) is 49.2 Å². The van der Waals surface area contributed by atoms with E-state index in [1.54, 1.807) is 31.2 Å². The molecule has 114 valence electrons. The number of hydrogen-bond donors (Lipinski definition) is 2. The molecule has 0 aliphatic carbocycles. The third kappa shape index (κ3) is 4.09. The smallest absolute Gasteiger partial charge is 0.330 e. The molecule has 1 unspecified atom stereocenters. The van der Waals surface area contributed by atoms with E-state index >= 15 is 0 Å². The van der Waals surface area contributed by atoms with Gasteiger partial charge in [0.1, 0.15) is 6.04 Å². The summed E-state index contributed by atoms with van der Waals surface area (Å²) in [6.07, 6.45) is 0. The van der Waals surface area contributed by atoms with Crippen molar-refractivity contribution in [3.63, 3.8) is 0 Å². The van der Waals surface area contributed by atoms with Gasteiger partial charge in [0.2, 0.25) is 0 Å². The molecule has 1 aliphatic heterocycles. The molecule has 1 aromatic rings. The summed E-state index contributed by atoms with van der Waals surface area (Å²) in [6.45, 7) is 3.50. The van der Waals surface area contributed by atoms with E-state index in [4.69, 9.17) is 16.3 Å². The van der Waals surface area contributed by atoms with Crippen molar-refractivity contribution in [3.8, 4) is 0 Å². The SMILES string of the molecule is CCOC(=O)C1CNCCN1C(=O)Nc1cccc(Cl)c1. The topological polar surface area (TPSA) is 70.7 Å². The number of halogens is 1. The lowest BCUT2D eigenvalue weighted by Crippen LogP contribution is -2.58. The van der Waals surface area contributed by atoms with Gasteiger partial charge in [-0.15, -0.1) is 0 Å². The number of ether oxygens (including phenoxy) is 1. The Morgan fingerprint density at radius 2 is 2.33 bits per heavy atom. The first kappa shape index (κ1) is 15.6. The van der Waals surface area contributed by atoms with Gasteiger partial charge in [0, 0.05) is 30.3 Å². The fourth-order valence-corrected chi connectivity index (χ4v) is 2.35. The standard InChI is InChI=1S/C14H18ClN3O3/c1-2-21-13(19)12-9-16-6-7-18(12)14(20)17-11-5-3-4-10(15)8-11/h3-5,8,12,16H,2,6-7,9H2,1H3,(H,17,20). The van der Waals surface area contributed by atoms with Crippen LogP contribution in [0.1, 0.15) is 6.92 Å². The summed E-state index contributed by atoms with van der Waals surface area (Å²) < 4.78 is 5.01. The second kappa shape index (κ2) is 7.28. The molecule has 1 aliphatic rings. The van der Waals surface area contributed by atoms with Crippen LogP contribution >= 0.6 is 11.6 Å². The molecule has 2 amide bonds. The molecule has 1 atom stereocenters. The monoisotopic (exact) mass is 311 g/mol. The van der Waals surface area contributed by atoms with Gasteiger partial charge < -0.3 is 20.3 Å². The van der Waals surface area contributed by atoms with Gasteiger partial charge in [-0.1, -0.05) is 17.7 Å². The molecule has 1 heterocycles. The number of nitrogens with one attached hydrogen (secondary N) is 2. The molecule has 0 saturated carbocycles. The number of hydrogen-bond acceptors (Lipinski definition) is 4. The molecule has 0 aromatic heterocycles. The van der Waals surface area contributed by atoms with Crippen LogP contribution in [0.25, 0.3) is 0 Å². The van der Waals surface area contributed by atoms with Gasteiger partial charge in [-0.25, -0.2) is 9.59 Å². The Balaban J connectivity index is 2.06. The molecule has 2 N–H and O–H groups in total. The first-order valence-corrected chi connectivity index (χ1v) is 7.20. The molecule has 1 fully saturated rings. The zero-order chi connectivity index (χ0) is 15.2. The third-order valence-electron chi connectivity index (χ3n) is 3.14. The number of carbonyl (C=O) groups is 2. The molecular weight excluding hydrogens is 294 g/mol. The highest BCUT2D eigenvalue weighted by molar-refractivity contribution is 6.30. The van der Waals surface area contributed by atoms with E-state index in [0.29, 0.717) is 37.0 Å². The molecular formula is C14H18ClN3O3. The van der Waals surface area contributed by atoms with E-state index in [-0.39, 0.29) is 6.03 Å². The van der Waals surface area contributed by atoms with E-state index < -0.39 is 12.0 Å². The molecule has 0 spiro atoms. The maximum absolute atomic E-state index is 12.3. The lowest BCUT2D eigenvalue weighted by atomic mass is 10.2. The molecule has 21 heavy (non-hydrogen) atoms. The van der Waals surface area contributed by atoms with Gasteiger partial charge in [0.15, 0.2) is 0 Å². The van der Waals surface area contributed by atoms with Crippen LogP contribution < -0.4 is 10.6 Å². The average molecular weight is 312 g/mol. The average Bonchev–Trinajstić information content (AvgIpc) is 2.47. The van der Waals surface area contributed by atoms with Crippen LogP contribution in [-0.2, 0) is 9.53 Å². The fraction of sp³-hybridized carbons (Fsp3) is 0.429. The largest absolute Gasteiger partial charge is 0.464 e. The number of anilines is 1. The Morgan fingerprint density at radius 3 is 3.05 bits per heavy atom. The number of nitrogens with zero attached hydrogens (tertiary/aromatic N) is 1. The number of piperazine rings is 1. The predicted octanol–water partition coefficient (Wildman–Crippen LogP) is 1.71. The molecule has 0 bridgehead atoms. The predicted molar refractivity (Wildman–Crippen MR) is 80.5 cm³/mol. The van der Waals surface area contributed by atoms with Gasteiger partial charge >= 0.3 is 12.0 Å². The van der Waals surface area contributed by atoms with Crippen molar-refractivity contribution in [2.45, 2.75) is 13.0 Å². The minimum atomic E-state index is -0.613. The summed E-state index contributed by atoms with van der Waals surface area (Å²) >= 11 is 5.89. The van der Waals surface area contributed by atoms with Crippen LogP contribution in [0.15, 0.2) is 24.3 Å². The minimum Gasteiger partial charge on any atom is -0.464 e. The second-order valence-electron chi connectivity index (χ2n) is 4.61. The third-order valence-corrected chi connectivity index (χ3v) is 3.37. The molecule has 2 rings (SSSR count). The van der Waals surface area contributed by atoms with E-state index in [0.717, 1.165) is 0 Å². The number of carbonyl (C=O) groups excluding carboxylic acids is 2. The summed E-state index contributed by atoms with van der Waals surface area (Å²) in [7, 11) is 0. The Labute approximate surface area is 128 Å². The molecule has 1 saturated heterocycles. The highest BCUT2D eigenvalue weighted by Gasteiger charge is 2.33. The number of benzene rings is 1. The summed E-state index contributed by atoms with van der Waals surface area (Å²) in [6, 6.07) is 5.92. The Kier molecular flexibility index (Phi) is 5.41. The van der Waals surface area contributed by atoms with Crippen LogP contribution in [0.2, 0.25) is 5.02 Å². The molecule has 7 heteroatoms. The summed E-state index contributed by atoms with van der Waals surface area (Å²) in [5, 5.41) is 6.37. The second-order valence-corrected chi connectivity index (χ2v) is 5.04. The van der Waals surface area contributed by atoms with Crippen LogP contribution in [0, 0.1) is 0 Å².